The minimum atomic E-state index is -0.194. The van der Waals surface area contributed by atoms with Gasteiger partial charge in [0.1, 0.15) is 11.6 Å². The van der Waals surface area contributed by atoms with Gasteiger partial charge in [-0.05, 0) is 31.2 Å². The molecule has 0 atom stereocenters. The Hall–Kier alpha value is -2.64. The van der Waals surface area contributed by atoms with Crippen LogP contribution in [0.4, 0.5) is 0 Å². The molecule has 0 saturated carbocycles. The highest BCUT2D eigenvalue weighted by Crippen LogP contribution is 2.22. The molecule has 25 heavy (non-hydrogen) atoms. The summed E-state index contributed by atoms with van der Waals surface area (Å²) in [7, 11) is 0. The first-order valence-corrected chi connectivity index (χ1v) is 8.23. The molecular weight excluding hydrogens is 322 g/mol. The maximum absolute atomic E-state index is 12.5. The number of hydrogen-bond donors (Lipinski definition) is 2. The number of imidazole rings is 1. The van der Waals surface area contributed by atoms with Gasteiger partial charge in [0.15, 0.2) is 0 Å². The molecule has 0 amide bonds. The normalized spacial score (nSPS) is 11.1. The Morgan fingerprint density at radius 1 is 1.28 bits per heavy atom. The number of aromatic amines is 1. The zero-order chi connectivity index (χ0) is 17.6. The molecule has 0 aliphatic carbocycles. The van der Waals surface area contributed by atoms with E-state index < -0.39 is 0 Å². The molecule has 132 valence electrons. The molecule has 2 heterocycles. The fourth-order valence-corrected chi connectivity index (χ4v) is 2.67. The number of benzene rings is 1. The molecule has 0 aliphatic rings. The largest absolute Gasteiger partial charge is 0.494 e. The van der Waals surface area contributed by atoms with E-state index in [-0.39, 0.29) is 12.2 Å². The van der Waals surface area contributed by atoms with Gasteiger partial charge in [0.05, 0.1) is 32.0 Å². The van der Waals surface area contributed by atoms with Gasteiger partial charge in [-0.15, -0.1) is 0 Å². The van der Waals surface area contributed by atoms with Crippen LogP contribution in [0.5, 0.6) is 5.75 Å². The van der Waals surface area contributed by atoms with Gasteiger partial charge in [-0.25, -0.2) is 4.98 Å². The van der Waals surface area contributed by atoms with E-state index in [1.165, 1.54) is 0 Å². The van der Waals surface area contributed by atoms with Crippen molar-refractivity contribution in [3.05, 3.63) is 47.0 Å². The van der Waals surface area contributed by atoms with Crippen molar-refractivity contribution in [2.24, 2.45) is 0 Å². The van der Waals surface area contributed by atoms with Crippen molar-refractivity contribution >= 4 is 10.9 Å². The summed E-state index contributed by atoms with van der Waals surface area (Å²) in [6.45, 7) is 3.78. The van der Waals surface area contributed by atoms with Crippen LogP contribution in [-0.2, 0) is 11.3 Å². The molecule has 2 aromatic heterocycles. The summed E-state index contributed by atoms with van der Waals surface area (Å²) in [5, 5.41) is 9.63. The summed E-state index contributed by atoms with van der Waals surface area (Å²) in [6.07, 6.45) is 3.46. The van der Waals surface area contributed by atoms with Gasteiger partial charge in [-0.3, -0.25) is 4.79 Å². The molecule has 0 spiro atoms. The summed E-state index contributed by atoms with van der Waals surface area (Å²) in [4.78, 5) is 19.7. The van der Waals surface area contributed by atoms with Crippen molar-refractivity contribution < 1.29 is 14.6 Å². The van der Waals surface area contributed by atoms with Crippen LogP contribution in [0.1, 0.15) is 6.92 Å². The molecular formula is C18H21N3O4. The average molecular weight is 343 g/mol. The molecule has 2 N–H and O–H groups in total. The number of nitrogens with one attached hydrogen (secondary N) is 1. The maximum Gasteiger partial charge on any atom is 0.259 e. The highest BCUT2D eigenvalue weighted by Gasteiger charge is 2.12. The highest BCUT2D eigenvalue weighted by atomic mass is 16.5. The van der Waals surface area contributed by atoms with Crippen LogP contribution in [0.2, 0.25) is 0 Å². The van der Waals surface area contributed by atoms with Gasteiger partial charge >= 0.3 is 0 Å². The van der Waals surface area contributed by atoms with E-state index >= 15 is 0 Å². The van der Waals surface area contributed by atoms with Crippen LogP contribution in [0.15, 0.2) is 41.5 Å². The van der Waals surface area contributed by atoms with E-state index in [9.17, 15) is 4.79 Å². The smallest absolute Gasteiger partial charge is 0.259 e. The third-order valence-corrected chi connectivity index (χ3v) is 3.80. The molecule has 7 heteroatoms. The van der Waals surface area contributed by atoms with E-state index in [0.29, 0.717) is 37.8 Å². The number of aromatic nitrogens is 3. The number of rotatable bonds is 8. The third-order valence-electron chi connectivity index (χ3n) is 3.80. The van der Waals surface area contributed by atoms with Gasteiger partial charge in [0, 0.05) is 29.8 Å². The van der Waals surface area contributed by atoms with Crippen LogP contribution in [0.3, 0.4) is 0 Å². The lowest BCUT2D eigenvalue weighted by Gasteiger charge is -2.09. The molecule has 7 nitrogen and oxygen atoms in total. The fraction of sp³-hybridized carbons (Fsp3) is 0.333. The van der Waals surface area contributed by atoms with Crippen molar-refractivity contribution in [1.82, 2.24) is 14.5 Å². The molecule has 0 aliphatic heterocycles. The lowest BCUT2D eigenvalue weighted by atomic mass is 10.1. The summed E-state index contributed by atoms with van der Waals surface area (Å²) in [5.41, 5.74) is 1.05. The number of nitrogens with zero attached hydrogens (tertiary/aromatic N) is 2. The number of H-pyrrole nitrogens is 1. The Balaban J connectivity index is 1.94. The second kappa shape index (κ2) is 7.96. The fourth-order valence-electron chi connectivity index (χ4n) is 2.67. The monoisotopic (exact) mass is 343 g/mol. The second-order valence-electron chi connectivity index (χ2n) is 5.47. The van der Waals surface area contributed by atoms with Crippen LogP contribution in [-0.4, -0.2) is 46.1 Å². The maximum atomic E-state index is 12.5. The van der Waals surface area contributed by atoms with E-state index in [1.54, 1.807) is 12.4 Å². The molecule has 1 aromatic carbocycles. The summed E-state index contributed by atoms with van der Waals surface area (Å²) in [5.74, 6) is 1.34. The Kier molecular flexibility index (Phi) is 5.47. The number of aliphatic hydroxyl groups excluding tert-OH is 1. The Bertz CT molecular complexity index is 901. The lowest BCUT2D eigenvalue weighted by Crippen LogP contribution is -2.14. The Morgan fingerprint density at radius 2 is 2.16 bits per heavy atom. The molecule has 0 bridgehead atoms. The standard InChI is InChI=1S/C18H21N3O4/c1-2-25-14-3-4-16-13(11-14)12-15(18(23)20-16)17-19-5-6-21(17)7-9-24-10-8-22/h3-6,11-12,22H,2,7-10H2,1H3,(H,20,23). The first-order chi connectivity index (χ1) is 12.2. The van der Waals surface area contributed by atoms with Crippen molar-refractivity contribution in [2.45, 2.75) is 13.5 Å². The molecule has 3 aromatic rings. The molecule has 0 unspecified atom stereocenters. The van der Waals surface area contributed by atoms with Gasteiger partial charge in [-0.1, -0.05) is 0 Å². The first-order valence-electron chi connectivity index (χ1n) is 8.23. The van der Waals surface area contributed by atoms with Gasteiger partial charge < -0.3 is 24.1 Å². The number of pyridine rings is 1. The topological polar surface area (TPSA) is 89.4 Å². The minimum Gasteiger partial charge on any atom is -0.494 e. The van der Waals surface area contributed by atoms with E-state index in [2.05, 4.69) is 9.97 Å². The SMILES string of the molecule is CCOc1ccc2[nH]c(=O)c(-c3nccn3CCOCCO)cc2c1. The van der Waals surface area contributed by atoms with Crippen LogP contribution in [0, 0.1) is 0 Å². The third kappa shape index (κ3) is 3.89. The van der Waals surface area contributed by atoms with Crippen LogP contribution in [0.25, 0.3) is 22.3 Å². The van der Waals surface area contributed by atoms with Gasteiger partial charge in [0.25, 0.3) is 5.56 Å². The molecule has 0 saturated heterocycles. The average Bonchev–Trinajstić information content (AvgIpc) is 3.07. The molecule has 3 rings (SSSR count). The predicted octanol–water partition coefficient (Wildman–Crippen LogP) is 1.80. The van der Waals surface area contributed by atoms with Crippen molar-refractivity contribution in [2.75, 3.05) is 26.4 Å². The van der Waals surface area contributed by atoms with E-state index in [4.69, 9.17) is 14.6 Å². The summed E-state index contributed by atoms with van der Waals surface area (Å²) < 4.78 is 12.7. The number of hydrogen-bond acceptors (Lipinski definition) is 5. The second-order valence-corrected chi connectivity index (χ2v) is 5.47. The Labute approximate surface area is 144 Å². The Morgan fingerprint density at radius 3 is 2.96 bits per heavy atom. The highest BCUT2D eigenvalue weighted by molar-refractivity contribution is 5.83. The summed E-state index contributed by atoms with van der Waals surface area (Å²) in [6, 6.07) is 7.39. The molecule has 0 radical (unpaired) electrons. The van der Waals surface area contributed by atoms with Crippen molar-refractivity contribution in [3.63, 3.8) is 0 Å². The first kappa shape index (κ1) is 17.2. The molecule has 0 fully saturated rings. The van der Waals surface area contributed by atoms with Crippen molar-refractivity contribution in [3.8, 4) is 17.1 Å². The van der Waals surface area contributed by atoms with Gasteiger partial charge in [-0.2, -0.15) is 0 Å². The van der Waals surface area contributed by atoms with E-state index in [1.807, 2.05) is 35.8 Å². The number of ether oxygens (including phenoxy) is 2. The predicted molar refractivity (Wildman–Crippen MR) is 94.9 cm³/mol. The van der Waals surface area contributed by atoms with E-state index in [0.717, 1.165) is 16.7 Å². The zero-order valence-electron chi connectivity index (χ0n) is 14.1. The quantitative estimate of drug-likeness (QED) is 0.609. The number of fused-ring (bicyclic) bond motifs is 1. The lowest BCUT2D eigenvalue weighted by molar-refractivity contribution is 0.0872. The minimum absolute atomic E-state index is 0.0106. The van der Waals surface area contributed by atoms with Crippen LogP contribution < -0.4 is 10.3 Å². The van der Waals surface area contributed by atoms with Crippen LogP contribution >= 0.6 is 0 Å². The zero-order valence-corrected chi connectivity index (χ0v) is 14.1. The summed E-state index contributed by atoms with van der Waals surface area (Å²) >= 11 is 0. The van der Waals surface area contributed by atoms with Crippen molar-refractivity contribution in [1.29, 1.82) is 0 Å². The van der Waals surface area contributed by atoms with Gasteiger partial charge in [0.2, 0.25) is 0 Å². The number of aliphatic hydroxyl groups is 1.